The lowest BCUT2D eigenvalue weighted by Crippen LogP contribution is -2.54. The highest BCUT2D eigenvalue weighted by Crippen LogP contribution is 2.35. The van der Waals surface area contributed by atoms with E-state index in [4.69, 9.17) is 15.2 Å². The number of nitrogens with one attached hydrogen (secondary N) is 1. The number of aromatic nitrogens is 1. The smallest absolute Gasteiger partial charge is 0.431 e. The predicted octanol–water partition coefficient (Wildman–Crippen LogP) is 2.89. The van der Waals surface area contributed by atoms with E-state index in [1.807, 2.05) is 7.05 Å². The molecule has 0 bridgehead atoms. The molecule has 0 spiro atoms. The number of carbonyl (C=O) groups is 1. The first-order chi connectivity index (χ1) is 15.0. The summed E-state index contributed by atoms with van der Waals surface area (Å²) < 4.78 is 51.9. The van der Waals surface area contributed by atoms with Crippen molar-refractivity contribution in [2.24, 2.45) is 11.7 Å². The second kappa shape index (κ2) is 9.33. The van der Waals surface area contributed by atoms with Crippen molar-refractivity contribution in [2.75, 3.05) is 26.9 Å². The summed E-state index contributed by atoms with van der Waals surface area (Å²) in [5.41, 5.74) is 1.94. The third kappa shape index (κ3) is 5.13. The van der Waals surface area contributed by atoms with Gasteiger partial charge in [0.15, 0.2) is 0 Å². The number of morpholine rings is 1. The molecule has 3 N–H and O–H groups in total. The fourth-order valence-electron chi connectivity index (χ4n) is 3.75. The first kappa shape index (κ1) is 23.8. The number of ether oxygens (including phenoxy) is 2. The van der Waals surface area contributed by atoms with Crippen LogP contribution in [0.15, 0.2) is 35.1 Å². The number of hydrogen-bond donors (Lipinski definition) is 2. The maximum absolute atomic E-state index is 13.5. The summed E-state index contributed by atoms with van der Waals surface area (Å²) in [6.07, 6.45) is -4.82. The number of likely N-dealkylation sites (N-methyl/N-ethyl adjacent to an activating group) is 1. The van der Waals surface area contributed by atoms with Gasteiger partial charge in [-0.3, -0.25) is 14.5 Å². The molecule has 2 heterocycles. The highest BCUT2D eigenvalue weighted by Gasteiger charge is 2.36. The SMILES string of the molecule is CC(C)[C@H]1COCC(COc2ccc(-c3cc(C(N)=O)c(=O)[nH]c3C(F)(F)F)cc2)N1C. The van der Waals surface area contributed by atoms with E-state index in [1.165, 1.54) is 24.3 Å². The predicted molar refractivity (Wildman–Crippen MR) is 113 cm³/mol. The van der Waals surface area contributed by atoms with Gasteiger partial charge in [0.1, 0.15) is 23.6 Å². The Morgan fingerprint density at radius 2 is 1.94 bits per heavy atom. The molecule has 2 aromatic rings. The molecule has 1 saturated heterocycles. The van der Waals surface area contributed by atoms with E-state index in [0.29, 0.717) is 31.5 Å². The van der Waals surface area contributed by atoms with Crippen molar-refractivity contribution >= 4 is 5.91 Å². The molecular weight excluding hydrogens is 427 g/mol. The van der Waals surface area contributed by atoms with Gasteiger partial charge in [-0.25, -0.2) is 0 Å². The topological polar surface area (TPSA) is 97.6 Å². The van der Waals surface area contributed by atoms with Crippen molar-refractivity contribution < 1.29 is 27.4 Å². The van der Waals surface area contributed by atoms with Gasteiger partial charge in [-0.1, -0.05) is 26.0 Å². The highest BCUT2D eigenvalue weighted by atomic mass is 19.4. The molecule has 174 valence electrons. The van der Waals surface area contributed by atoms with E-state index in [0.717, 1.165) is 6.07 Å². The number of alkyl halides is 3. The Bertz CT molecular complexity index is 1020. The van der Waals surface area contributed by atoms with Crippen LogP contribution in [0.4, 0.5) is 13.2 Å². The molecular formula is C22H26F3N3O4. The molecule has 1 aliphatic rings. The Hall–Kier alpha value is -2.85. The van der Waals surface area contributed by atoms with Crippen LogP contribution in [0.1, 0.15) is 29.9 Å². The number of nitrogens with two attached hydrogens (primary N) is 1. The molecule has 0 saturated carbocycles. The summed E-state index contributed by atoms with van der Waals surface area (Å²) >= 11 is 0. The van der Waals surface area contributed by atoms with Crippen LogP contribution in [0.25, 0.3) is 11.1 Å². The minimum absolute atomic E-state index is 0.0463. The third-order valence-electron chi connectivity index (χ3n) is 5.67. The summed E-state index contributed by atoms with van der Waals surface area (Å²) in [6.45, 7) is 5.80. The lowest BCUT2D eigenvalue weighted by atomic mass is 10.0. The zero-order valence-electron chi connectivity index (χ0n) is 18.0. The van der Waals surface area contributed by atoms with Gasteiger partial charge in [0.05, 0.1) is 19.3 Å². The van der Waals surface area contributed by atoms with Crippen LogP contribution in [0, 0.1) is 5.92 Å². The van der Waals surface area contributed by atoms with Crippen LogP contribution in [0.2, 0.25) is 0 Å². The van der Waals surface area contributed by atoms with Gasteiger partial charge in [-0.15, -0.1) is 0 Å². The number of carbonyl (C=O) groups excluding carboxylic acids is 1. The van der Waals surface area contributed by atoms with Gasteiger partial charge in [-0.2, -0.15) is 13.2 Å². The maximum atomic E-state index is 13.5. The third-order valence-corrected chi connectivity index (χ3v) is 5.67. The summed E-state index contributed by atoms with van der Waals surface area (Å²) in [5, 5.41) is 0. The van der Waals surface area contributed by atoms with Gasteiger partial charge in [0.2, 0.25) is 0 Å². The van der Waals surface area contributed by atoms with Gasteiger partial charge >= 0.3 is 6.18 Å². The van der Waals surface area contributed by atoms with Gasteiger partial charge in [0, 0.05) is 11.6 Å². The summed E-state index contributed by atoms with van der Waals surface area (Å²) in [4.78, 5) is 27.2. The molecule has 0 aliphatic carbocycles. The highest BCUT2D eigenvalue weighted by molar-refractivity contribution is 5.94. The molecule has 1 unspecified atom stereocenters. The van der Waals surface area contributed by atoms with Crippen molar-refractivity contribution in [3.05, 3.63) is 51.9 Å². The fourth-order valence-corrected chi connectivity index (χ4v) is 3.75. The van der Waals surface area contributed by atoms with E-state index in [-0.39, 0.29) is 23.2 Å². The minimum atomic E-state index is -4.82. The number of amides is 1. The number of H-pyrrole nitrogens is 1. The molecule has 1 fully saturated rings. The van der Waals surface area contributed by atoms with E-state index in [9.17, 15) is 22.8 Å². The first-order valence-electron chi connectivity index (χ1n) is 10.2. The monoisotopic (exact) mass is 453 g/mol. The van der Waals surface area contributed by atoms with Crippen LogP contribution < -0.4 is 16.0 Å². The lowest BCUT2D eigenvalue weighted by Gasteiger charge is -2.41. The normalized spacial score (nSPS) is 19.8. The number of nitrogens with zero attached hydrogens (tertiary/aromatic N) is 1. The zero-order valence-corrected chi connectivity index (χ0v) is 18.0. The number of hydrogen-bond acceptors (Lipinski definition) is 5. The number of primary amides is 1. The van der Waals surface area contributed by atoms with Crippen molar-refractivity contribution in [1.29, 1.82) is 0 Å². The van der Waals surface area contributed by atoms with E-state index in [2.05, 4.69) is 18.7 Å². The average Bonchev–Trinajstić information content (AvgIpc) is 2.72. The number of aromatic amines is 1. The van der Waals surface area contributed by atoms with E-state index < -0.39 is 28.9 Å². The standard InChI is InChI=1S/C22H26F3N3O4/c1-12(2)18-11-31-9-14(28(18)3)10-32-15-6-4-13(5-7-15)16-8-17(20(26)29)21(30)27-19(16)22(23,24)25/h4-8,12,14,18H,9-11H2,1-3H3,(H2,26,29)(H,27,30)/t14?,18-/m1/s1. The average molecular weight is 453 g/mol. The number of rotatable bonds is 6. The second-order valence-electron chi connectivity index (χ2n) is 8.17. The van der Waals surface area contributed by atoms with E-state index in [1.54, 1.807) is 4.98 Å². The Kier molecular flexibility index (Phi) is 6.94. The molecule has 10 heteroatoms. The zero-order chi connectivity index (χ0) is 23.6. The molecule has 0 radical (unpaired) electrons. The Morgan fingerprint density at radius 1 is 1.28 bits per heavy atom. The van der Waals surface area contributed by atoms with Crippen LogP contribution >= 0.6 is 0 Å². The van der Waals surface area contributed by atoms with Gasteiger partial charge < -0.3 is 20.2 Å². The second-order valence-corrected chi connectivity index (χ2v) is 8.17. The molecule has 1 aliphatic heterocycles. The lowest BCUT2D eigenvalue weighted by molar-refractivity contribution is -0.140. The van der Waals surface area contributed by atoms with Crippen LogP contribution in [0.5, 0.6) is 5.75 Å². The summed E-state index contributed by atoms with van der Waals surface area (Å²) in [7, 11) is 2.02. The molecule has 32 heavy (non-hydrogen) atoms. The summed E-state index contributed by atoms with van der Waals surface area (Å²) in [5.74, 6) is -0.214. The van der Waals surface area contributed by atoms with Gasteiger partial charge in [0.25, 0.3) is 11.5 Å². The van der Waals surface area contributed by atoms with Crippen LogP contribution in [-0.2, 0) is 10.9 Å². The van der Waals surface area contributed by atoms with Crippen LogP contribution in [0.3, 0.4) is 0 Å². The molecule has 7 nitrogen and oxygen atoms in total. The van der Waals surface area contributed by atoms with Crippen molar-refractivity contribution in [3.8, 4) is 16.9 Å². The fraction of sp³-hybridized carbons (Fsp3) is 0.455. The Labute approximate surface area is 183 Å². The van der Waals surface area contributed by atoms with Crippen LogP contribution in [-0.4, -0.2) is 54.7 Å². The van der Waals surface area contributed by atoms with Crippen molar-refractivity contribution in [2.45, 2.75) is 32.1 Å². The van der Waals surface area contributed by atoms with Crippen molar-refractivity contribution in [1.82, 2.24) is 9.88 Å². The largest absolute Gasteiger partial charge is 0.492 e. The number of pyridine rings is 1. The van der Waals surface area contributed by atoms with Gasteiger partial charge in [-0.05, 0) is 36.7 Å². The molecule has 3 rings (SSSR count). The van der Waals surface area contributed by atoms with E-state index >= 15 is 0 Å². The molecule has 1 amide bonds. The van der Waals surface area contributed by atoms with Crippen molar-refractivity contribution in [3.63, 3.8) is 0 Å². The number of halogens is 3. The summed E-state index contributed by atoms with van der Waals surface area (Å²) in [6, 6.07) is 7.12. The quantitative estimate of drug-likeness (QED) is 0.701. The number of benzene rings is 1. The Morgan fingerprint density at radius 3 is 2.50 bits per heavy atom. The Balaban J connectivity index is 1.81. The molecule has 1 aromatic heterocycles. The molecule has 1 aromatic carbocycles. The maximum Gasteiger partial charge on any atom is 0.431 e. The minimum Gasteiger partial charge on any atom is -0.492 e. The first-order valence-corrected chi connectivity index (χ1v) is 10.2. The molecule has 2 atom stereocenters.